The molecule has 5 nitrogen and oxygen atoms in total. The number of rotatable bonds is 3. The normalized spacial score (nSPS) is 13.2. The minimum absolute atomic E-state index is 0.0635. The fourth-order valence-electron chi connectivity index (χ4n) is 3.06. The van der Waals surface area contributed by atoms with Crippen molar-refractivity contribution < 1.29 is 9.59 Å². The van der Waals surface area contributed by atoms with Crippen LogP contribution in [0.25, 0.3) is 0 Å². The maximum absolute atomic E-state index is 12.6. The van der Waals surface area contributed by atoms with E-state index in [-0.39, 0.29) is 11.8 Å². The molecule has 6 heteroatoms. The zero-order chi connectivity index (χ0) is 17.9. The van der Waals surface area contributed by atoms with E-state index in [0.717, 1.165) is 16.9 Å². The van der Waals surface area contributed by atoms with Crippen LogP contribution in [-0.2, 0) is 13.0 Å². The van der Waals surface area contributed by atoms with Crippen LogP contribution in [0.2, 0.25) is 0 Å². The van der Waals surface area contributed by atoms with E-state index in [4.69, 9.17) is 0 Å². The summed E-state index contributed by atoms with van der Waals surface area (Å²) in [6, 6.07) is 14.8. The van der Waals surface area contributed by atoms with Crippen molar-refractivity contribution in [3.63, 3.8) is 0 Å². The van der Waals surface area contributed by atoms with Gasteiger partial charge in [0.25, 0.3) is 11.8 Å². The predicted molar refractivity (Wildman–Crippen MR) is 101 cm³/mol. The number of hydrogen-bond donors (Lipinski definition) is 1. The van der Waals surface area contributed by atoms with Crippen LogP contribution in [0.4, 0.5) is 5.69 Å². The quantitative estimate of drug-likeness (QED) is 0.773. The van der Waals surface area contributed by atoms with Gasteiger partial charge < -0.3 is 10.2 Å². The van der Waals surface area contributed by atoms with E-state index in [1.54, 1.807) is 24.4 Å². The van der Waals surface area contributed by atoms with Crippen LogP contribution in [0.5, 0.6) is 0 Å². The number of carbonyl (C=O) groups is 2. The lowest BCUT2D eigenvalue weighted by atomic mass is 9.99. The van der Waals surface area contributed by atoms with Gasteiger partial charge in [-0.3, -0.25) is 14.6 Å². The predicted octanol–water partition coefficient (Wildman–Crippen LogP) is 3.59. The van der Waals surface area contributed by atoms with Crippen molar-refractivity contribution in [3.05, 3.63) is 81.8 Å². The van der Waals surface area contributed by atoms with Crippen LogP contribution < -0.4 is 5.32 Å². The Morgan fingerprint density at radius 1 is 1.08 bits per heavy atom. The third-order valence-corrected chi connectivity index (χ3v) is 5.25. The zero-order valence-corrected chi connectivity index (χ0v) is 14.8. The van der Waals surface area contributed by atoms with Crippen molar-refractivity contribution in [2.75, 3.05) is 11.9 Å². The summed E-state index contributed by atoms with van der Waals surface area (Å²) in [4.78, 5) is 31.5. The Hall–Kier alpha value is -2.99. The fraction of sp³-hybridized carbons (Fsp3) is 0.150. The van der Waals surface area contributed by atoms with Crippen molar-refractivity contribution in [1.82, 2.24) is 9.88 Å². The van der Waals surface area contributed by atoms with E-state index < -0.39 is 0 Å². The minimum atomic E-state index is -0.243. The average Bonchev–Trinajstić information content (AvgIpc) is 3.22. The van der Waals surface area contributed by atoms with Gasteiger partial charge in [-0.25, -0.2) is 0 Å². The summed E-state index contributed by atoms with van der Waals surface area (Å²) in [6.45, 7) is 1.27. The molecular formula is C20H17N3O2S. The Kier molecular flexibility index (Phi) is 4.50. The Labute approximate surface area is 155 Å². The molecule has 3 heterocycles. The lowest BCUT2D eigenvalue weighted by Crippen LogP contribution is -2.35. The third kappa shape index (κ3) is 3.36. The Morgan fingerprint density at radius 3 is 2.77 bits per heavy atom. The van der Waals surface area contributed by atoms with Gasteiger partial charge >= 0.3 is 0 Å². The van der Waals surface area contributed by atoms with Gasteiger partial charge in [-0.15, -0.1) is 11.3 Å². The van der Waals surface area contributed by atoms with Gasteiger partial charge in [-0.05, 0) is 53.3 Å². The number of hydrogen-bond acceptors (Lipinski definition) is 4. The average molecular weight is 363 g/mol. The molecule has 1 aliphatic heterocycles. The van der Waals surface area contributed by atoms with Gasteiger partial charge in [0.05, 0.1) is 4.88 Å². The summed E-state index contributed by atoms with van der Waals surface area (Å²) in [5, 5.41) is 4.79. The van der Waals surface area contributed by atoms with E-state index in [2.05, 4.69) is 10.3 Å². The van der Waals surface area contributed by atoms with Gasteiger partial charge in [0.2, 0.25) is 0 Å². The molecule has 1 aromatic carbocycles. The van der Waals surface area contributed by atoms with Crippen molar-refractivity contribution in [2.24, 2.45) is 0 Å². The molecule has 0 atom stereocenters. The van der Waals surface area contributed by atoms with Crippen molar-refractivity contribution in [2.45, 2.75) is 13.0 Å². The Balaban J connectivity index is 1.51. The molecule has 1 N–H and O–H groups in total. The first-order valence-corrected chi connectivity index (χ1v) is 9.25. The van der Waals surface area contributed by atoms with Gasteiger partial charge in [0.1, 0.15) is 5.69 Å². The van der Waals surface area contributed by atoms with Gasteiger partial charge in [0.15, 0.2) is 0 Å². The first kappa shape index (κ1) is 16.5. The number of thiophene rings is 1. The maximum Gasteiger partial charge on any atom is 0.274 e. The summed E-state index contributed by atoms with van der Waals surface area (Å²) in [7, 11) is 0. The molecular weight excluding hydrogens is 346 g/mol. The molecule has 0 radical (unpaired) electrons. The molecule has 26 heavy (non-hydrogen) atoms. The number of nitrogens with one attached hydrogen (secondary N) is 1. The highest BCUT2D eigenvalue weighted by Crippen LogP contribution is 2.25. The summed E-state index contributed by atoms with van der Waals surface area (Å²) >= 11 is 1.46. The molecule has 0 saturated carbocycles. The topological polar surface area (TPSA) is 62.3 Å². The van der Waals surface area contributed by atoms with Crippen LogP contribution in [0.1, 0.15) is 31.3 Å². The van der Waals surface area contributed by atoms with E-state index in [1.165, 1.54) is 16.9 Å². The molecule has 0 bridgehead atoms. The van der Waals surface area contributed by atoms with E-state index in [9.17, 15) is 9.59 Å². The number of carbonyl (C=O) groups excluding carboxylic acids is 2. The summed E-state index contributed by atoms with van der Waals surface area (Å²) in [5.41, 5.74) is 3.38. The number of pyridine rings is 1. The molecule has 0 aliphatic carbocycles. The van der Waals surface area contributed by atoms with E-state index in [1.807, 2.05) is 40.6 Å². The smallest absolute Gasteiger partial charge is 0.274 e. The molecule has 130 valence electrons. The van der Waals surface area contributed by atoms with Crippen LogP contribution >= 0.6 is 11.3 Å². The monoisotopic (exact) mass is 363 g/mol. The fourth-order valence-corrected chi connectivity index (χ4v) is 3.75. The second-order valence-corrected chi connectivity index (χ2v) is 7.05. The molecule has 0 spiro atoms. The van der Waals surface area contributed by atoms with Crippen molar-refractivity contribution in [1.29, 1.82) is 0 Å². The minimum Gasteiger partial charge on any atom is -0.333 e. The number of aromatic nitrogens is 1. The highest BCUT2D eigenvalue weighted by molar-refractivity contribution is 7.12. The molecule has 4 rings (SSSR count). The molecule has 2 amide bonds. The number of amides is 2. The van der Waals surface area contributed by atoms with Crippen LogP contribution in [-0.4, -0.2) is 28.2 Å². The summed E-state index contributed by atoms with van der Waals surface area (Å²) in [6.07, 6.45) is 2.41. The second-order valence-electron chi connectivity index (χ2n) is 6.11. The zero-order valence-electron chi connectivity index (χ0n) is 14.0. The molecule has 0 fully saturated rings. The number of anilines is 1. The number of nitrogens with zero attached hydrogens (tertiary/aromatic N) is 2. The Morgan fingerprint density at radius 2 is 2.00 bits per heavy atom. The van der Waals surface area contributed by atoms with Crippen molar-refractivity contribution >= 4 is 28.8 Å². The van der Waals surface area contributed by atoms with Gasteiger partial charge in [-0.2, -0.15) is 0 Å². The molecule has 0 saturated heterocycles. The number of benzene rings is 1. The second kappa shape index (κ2) is 7.09. The summed E-state index contributed by atoms with van der Waals surface area (Å²) in [5.74, 6) is -0.179. The molecule has 1 aliphatic rings. The van der Waals surface area contributed by atoms with Crippen LogP contribution in [0.3, 0.4) is 0 Å². The lowest BCUT2D eigenvalue weighted by molar-refractivity contribution is 0.0739. The molecule has 0 unspecified atom stereocenters. The SMILES string of the molecule is O=C(Nc1ccc2c(c1)CN(C(=O)c1cccs1)CC2)c1ccccn1. The Bertz CT molecular complexity index is 939. The van der Waals surface area contributed by atoms with Crippen LogP contribution in [0.15, 0.2) is 60.1 Å². The van der Waals surface area contributed by atoms with E-state index >= 15 is 0 Å². The lowest BCUT2D eigenvalue weighted by Gasteiger charge is -2.29. The third-order valence-electron chi connectivity index (χ3n) is 4.39. The number of fused-ring (bicyclic) bond motifs is 1. The first-order chi connectivity index (χ1) is 12.7. The van der Waals surface area contributed by atoms with E-state index in [0.29, 0.717) is 24.5 Å². The largest absolute Gasteiger partial charge is 0.333 e. The standard InChI is InChI=1S/C20H17N3O2S/c24-19(17-4-1-2-9-21-17)22-16-7-6-14-8-10-23(13-15(14)12-16)20(25)18-5-3-11-26-18/h1-7,9,11-12H,8,10,13H2,(H,22,24). The first-order valence-electron chi connectivity index (χ1n) is 8.38. The maximum atomic E-state index is 12.6. The van der Waals surface area contributed by atoms with Gasteiger partial charge in [-0.1, -0.05) is 18.2 Å². The summed E-state index contributed by atoms with van der Waals surface area (Å²) < 4.78 is 0. The van der Waals surface area contributed by atoms with Crippen molar-refractivity contribution in [3.8, 4) is 0 Å². The molecule has 2 aromatic heterocycles. The highest BCUT2D eigenvalue weighted by Gasteiger charge is 2.22. The molecule has 3 aromatic rings. The van der Waals surface area contributed by atoms with Gasteiger partial charge in [0, 0.05) is 25.0 Å². The highest BCUT2D eigenvalue weighted by atomic mass is 32.1. The van der Waals surface area contributed by atoms with Crippen LogP contribution in [0, 0.1) is 0 Å².